The van der Waals surface area contributed by atoms with E-state index in [0.29, 0.717) is 11.5 Å². The minimum absolute atomic E-state index is 0.0995. The number of esters is 1. The average molecular weight is 275 g/mol. The van der Waals surface area contributed by atoms with E-state index in [-0.39, 0.29) is 12.5 Å². The lowest BCUT2D eigenvalue weighted by Gasteiger charge is -2.30. The number of amides is 1. The van der Waals surface area contributed by atoms with Crippen molar-refractivity contribution < 1.29 is 14.3 Å². The molecule has 20 heavy (non-hydrogen) atoms. The van der Waals surface area contributed by atoms with Crippen LogP contribution in [-0.4, -0.2) is 36.5 Å². The molecule has 0 aromatic heterocycles. The Hall–Kier alpha value is -1.84. The molecule has 1 saturated heterocycles. The molecular formula is C16H21NO3. The Morgan fingerprint density at radius 3 is 2.90 bits per heavy atom. The summed E-state index contributed by atoms with van der Waals surface area (Å²) in [6.07, 6.45) is 2.19. The monoisotopic (exact) mass is 275 g/mol. The van der Waals surface area contributed by atoms with E-state index in [0.717, 1.165) is 31.5 Å². The molecular weight excluding hydrogens is 254 g/mol. The van der Waals surface area contributed by atoms with Crippen molar-refractivity contribution in [3.63, 3.8) is 0 Å². The maximum absolute atomic E-state index is 12.0. The number of likely N-dealkylation sites (tertiary alicyclic amines) is 1. The van der Waals surface area contributed by atoms with Crippen LogP contribution in [0.5, 0.6) is 0 Å². The topological polar surface area (TPSA) is 46.6 Å². The molecule has 0 N–H and O–H groups in total. The maximum Gasteiger partial charge on any atom is 0.338 e. The average Bonchev–Trinajstić information content (AvgIpc) is 2.44. The Labute approximate surface area is 119 Å². The van der Waals surface area contributed by atoms with Crippen LogP contribution in [-0.2, 0) is 9.53 Å². The van der Waals surface area contributed by atoms with Crippen LogP contribution >= 0.6 is 0 Å². The van der Waals surface area contributed by atoms with Crippen LogP contribution in [0.2, 0.25) is 0 Å². The van der Waals surface area contributed by atoms with Crippen molar-refractivity contribution in [2.45, 2.75) is 26.7 Å². The lowest BCUT2D eigenvalue weighted by molar-refractivity contribution is -0.136. The predicted molar refractivity (Wildman–Crippen MR) is 76.4 cm³/mol. The van der Waals surface area contributed by atoms with E-state index in [9.17, 15) is 9.59 Å². The van der Waals surface area contributed by atoms with Gasteiger partial charge in [-0.3, -0.25) is 4.79 Å². The van der Waals surface area contributed by atoms with Crippen molar-refractivity contribution in [1.82, 2.24) is 4.90 Å². The molecule has 1 fully saturated rings. The van der Waals surface area contributed by atoms with Gasteiger partial charge >= 0.3 is 5.97 Å². The fourth-order valence-corrected chi connectivity index (χ4v) is 2.49. The van der Waals surface area contributed by atoms with Gasteiger partial charge < -0.3 is 9.64 Å². The lowest BCUT2D eigenvalue weighted by atomic mass is 10.0. The van der Waals surface area contributed by atoms with Crippen LogP contribution < -0.4 is 0 Å². The van der Waals surface area contributed by atoms with E-state index >= 15 is 0 Å². The first-order valence-corrected chi connectivity index (χ1v) is 7.08. The molecule has 1 amide bonds. The number of benzene rings is 1. The first kappa shape index (κ1) is 14.6. The number of hydrogen-bond donors (Lipinski definition) is 0. The zero-order valence-corrected chi connectivity index (χ0v) is 12.1. The first-order chi connectivity index (χ1) is 9.56. The molecule has 1 unspecified atom stereocenters. The summed E-state index contributed by atoms with van der Waals surface area (Å²) < 4.78 is 5.10. The van der Waals surface area contributed by atoms with Gasteiger partial charge in [-0.05, 0) is 37.8 Å². The molecule has 0 saturated carbocycles. The SMILES string of the molecule is Cc1cccc(C(=O)OCC(=O)N2CCCC(C)C2)c1. The standard InChI is InChI=1S/C16H21NO3/c1-12-5-3-7-14(9-12)16(19)20-11-15(18)17-8-4-6-13(2)10-17/h3,5,7,9,13H,4,6,8,10-11H2,1-2H3. The number of carbonyl (C=O) groups is 2. The summed E-state index contributed by atoms with van der Waals surface area (Å²) in [5.74, 6) is -0.00941. The van der Waals surface area contributed by atoms with Crippen molar-refractivity contribution in [3.05, 3.63) is 35.4 Å². The molecule has 1 aliphatic heterocycles. The zero-order valence-electron chi connectivity index (χ0n) is 12.1. The van der Waals surface area contributed by atoms with Crippen molar-refractivity contribution in [1.29, 1.82) is 0 Å². The van der Waals surface area contributed by atoms with Gasteiger partial charge in [0.1, 0.15) is 0 Å². The molecule has 108 valence electrons. The van der Waals surface area contributed by atoms with Gasteiger partial charge in [-0.1, -0.05) is 24.6 Å². The van der Waals surface area contributed by atoms with E-state index in [1.54, 1.807) is 23.1 Å². The summed E-state index contributed by atoms with van der Waals surface area (Å²) in [5.41, 5.74) is 1.49. The van der Waals surface area contributed by atoms with Crippen LogP contribution in [0.25, 0.3) is 0 Å². The third kappa shape index (κ3) is 3.83. The van der Waals surface area contributed by atoms with Gasteiger partial charge in [0.15, 0.2) is 6.61 Å². The van der Waals surface area contributed by atoms with Gasteiger partial charge in [0, 0.05) is 13.1 Å². The van der Waals surface area contributed by atoms with E-state index in [2.05, 4.69) is 6.92 Å². The highest BCUT2D eigenvalue weighted by Gasteiger charge is 2.22. The minimum Gasteiger partial charge on any atom is -0.452 e. The number of nitrogens with zero attached hydrogens (tertiary/aromatic N) is 1. The summed E-state index contributed by atoms with van der Waals surface area (Å²) in [4.78, 5) is 25.6. The second kappa shape index (κ2) is 6.55. The Bertz CT molecular complexity index is 498. The van der Waals surface area contributed by atoms with Gasteiger partial charge in [-0.25, -0.2) is 4.79 Å². The van der Waals surface area contributed by atoms with Crippen LogP contribution in [0, 0.1) is 12.8 Å². The van der Waals surface area contributed by atoms with Crippen molar-refractivity contribution in [2.75, 3.05) is 19.7 Å². The summed E-state index contributed by atoms with van der Waals surface area (Å²) in [5, 5.41) is 0. The largest absolute Gasteiger partial charge is 0.452 e. The number of hydrogen-bond acceptors (Lipinski definition) is 3. The molecule has 4 heteroatoms. The zero-order chi connectivity index (χ0) is 14.5. The third-order valence-corrected chi connectivity index (χ3v) is 3.59. The van der Waals surface area contributed by atoms with E-state index < -0.39 is 5.97 Å². The van der Waals surface area contributed by atoms with Crippen LogP contribution in [0.3, 0.4) is 0 Å². The van der Waals surface area contributed by atoms with Crippen LogP contribution in [0.1, 0.15) is 35.7 Å². The molecule has 1 atom stereocenters. The van der Waals surface area contributed by atoms with E-state index in [1.807, 2.05) is 13.0 Å². The van der Waals surface area contributed by atoms with Gasteiger partial charge in [0.05, 0.1) is 5.56 Å². The molecule has 1 aromatic rings. The highest BCUT2D eigenvalue weighted by atomic mass is 16.5. The molecule has 0 radical (unpaired) electrons. The number of aryl methyl sites for hydroxylation is 1. The van der Waals surface area contributed by atoms with Crippen molar-refractivity contribution >= 4 is 11.9 Å². The molecule has 1 aromatic carbocycles. The Morgan fingerprint density at radius 2 is 2.20 bits per heavy atom. The first-order valence-electron chi connectivity index (χ1n) is 7.08. The summed E-state index contributed by atoms with van der Waals surface area (Å²) in [6, 6.07) is 7.18. The molecule has 1 aliphatic rings. The Balaban J connectivity index is 1.85. The number of carbonyl (C=O) groups excluding carboxylic acids is 2. The van der Waals surface area contributed by atoms with Crippen molar-refractivity contribution in [3.8, 4) is 0 Å². The number of rotatable bonds is 3. The lowest BCUT2D eigenvalue weighted by Crippen LogP contribution is -2.41. The number of ether oxygens (including phenoxy) is 1. The van der Waals surface area contributed by atoms with E-state index in [1.165, 1.54) is 0 Å². The molecule has 0 bridgehead atoms. The van der Waals surface area contributed by atoms with Gasteiger partial charge in [-0.2, -0.15) is 0 Å². The third-order valence-electron chi connectivity index (χ3n) is 3.59. The highest BCUT2D eigenvalue weighted by molar-refractivity contribution is 5.91. The maximum atomic E-state index is 12.0. The molecule has 1 heterocycles. The summed E-state index contributed by atoms with van der Waals surface area (Å²) in [7, 11) is 0. The Morgan fingerprint density at radius 1 is 1.40 bits per heavy atom. The fourth-order valence-electron chi connectivity index (χ4n) is 2.49. The molecule has 2 rings (SSSR count). The molecule has 0 aliphatic carbocycles. The summed E-state index contributed by atoms with van der Waals surface area (Å²) >= 11 is 0. The minimum atomic E-state index is -0.438. The normalized spacial score (nSPS) is 18.7. The van der Waals surface area contributed by atoms with Gasteiger partial charge in [0.2, 0.25) is 0 Å². The van der Waals surface area contributed by atoms with E-state index in [4.69, 9.17) is 4.74 Å². The molecule has 4 nitrogen and oxygen atoms in total. The van der Waals surface area contributed by atoms with Crippen molar-refractivity contribution in [2.24, 2.45) is 5.92 Å². The highest BCUT2D eigenvalue weighted by Crippen LogP contribution is 2.15. The number of piperidine rings is 1. The predicted octanol–water partition coefficient (Wildman–Crippen LogP) is 2.41. The molecule has 0 spiro atoms. The van der Waals surface area contributed by atoms with Crippen LogP contribution in [0.4, 0.5) is 0 Å². The smallest absolute Gasteiger partial charge is 0.338 e. The fraction of sp³-hybridized carbons (Fsp3) is 0.500. The second-order valence-corrected chi connectivity index (χ2v) is 5.53. The van der Waals surface area contributed by atoms with Crippen LogP contribution in [0.15, 0.2) is 24.3 Å². The quantitative estimate of drug-likeness (QED) is 0.796. The van der Waals surface area contributed by atoms with Gasteiger partial charge in [-0.15, -0.1) is 0 Å². The summed E-state index contributed by atoms with van der Waals surface area (Å²) in [6.45, 7) is 5.42. The second-order valence-electron chi connectivity index (χ2n) is 5.53. The Kier molecular flexibility index (Phi) is 4.77. The van der Waals surface area contributed by atoms with Gasteiger partial charge in [0.25, 0.3) is 5.91 Å².